The first-order valence-corrected chi connectivity index (χ1v) is 7.33. The van der Waals surface area contributed by atoms with Crippen molar-refractivity contribution in [3.63, 3.8) is 0 Å². The Morgan fingerprint density at radius 3 is 1.94 bits per heavy atom. The van der Waals surface area contributed by atoms with Gasteiger partial charge in [0.1, 0.15) is 5.78 Å². The van der Waals surface area contributed by atoms with Gasteiger partial charge < -0.3 is 10.0 Å². The Kier molecular flexibility index (Phi) is 7.72. The van der Waals surface area contributed by atoms with Gasteiger partial charge in [-0.2, -0.15) is 0 Å². The topological polar surface area (TPSA) is 40.5 Å². The van der Waals surface area contributed by atoms with Crippen molar-refractivity contribution in [2.24, 2.45) is 5.92 Å². The van der Waals surface area contributed by atoms with Crippen molar-refractivity contribution in [1.82, 2.24) is 4.90 Å². The number of hydrogen-bond acceptors (Lipinski definition) is 3. The molecule has 0 aromatic rings. The molecule has 0 atom stereocenters. The molecule has 0 spiro atoms. The predicted octanol–water partition coefficient (Wildman–Crippen LogP) is 2.86. The zero-order valence-corrected chi connectivity index (χ0v) is 13.0. The molecule has 1 N–H and O–H groups in total. The van der Waals surface area contributed by atoms with E-state index in [2.05, 4.69) is 18.7 Å². The molecule has 3 nitrogen and oxygen atoms in total. The summed E-state index contributed by atoms with van der Waals surface area (Å²) in [5.41, 5.74) is -0.743. The average Bonchev–Trinajstić information content (AvgIpc) is 2.31. The van der Waals surface area contributed by atoms with E-state index in [-0.39, 0.29) is 11.7 Å². The number of rotatable bonds is 4. The van der Waals surface area contributed by atoms with Gasteiger partial charge in [-0.25, -0.2) is 0 Å². The number of nitrogens with zero attached hydrogens (tertiary/aromatic N) is 1. The Morgan fingerprint density at radius 2 is 1.61 bits per heavy atom. The van der Waals surface area contributed by atoms with Crippen LogP contribution in [-0.2, 0) is 4.79 Å². The summed E-state index contributed by atoms with van der Waals surface area (Å²) in [6.45, 7) is 13.9. The van der Waals surface area contributed by atoms with Gasteiger partial charge in [0, 0.05) is 31.5 Å². The summed E-state index contributed by atoms with van der Waals surface area (Å²) in [5.74, 6) is 0.215. The van der Waals surface area contributed by atoms with Crippen LogP contribution in [0, 0.1) is 5.92 Å². The van der Waals surface area contributed by atoms with Crippen molar-refractivity contribution in [2.75, 3.05) is 13.1 Å². The molecule has 18 heavy (non-hydrogen) atoms. The summed E-state index contributed by atoms with van der Waals surface area (Å²) in [4.78, 5) is 14.0. The molecule has 1 rings (SSSR count). The fourth-order valence-electron chi connectivity index (χ4n) is 2.16. The second kappa shape index (κ2) is 7.90. The minimum atomic E-state index is -0.743. The van der Waals surface area contributed by atoms with Crippen LogP contribution in [0.2, 0.25) is 0 Å². The highest BCUT2D eigenvalue weighted by atomic mass is 16.3. The maximum Gasteiger partial charge on any atom is 0.138 e. The molecule has 108 valence electrons. The van der Waals surface area contributed by atoms with Crippen molar-refractivity contribution in [3.8, 4) is 0 Å². The van der Waals surface area contributed by atoms with Gasteiger partial charge in [0.05, 0.1) is 5.60 Å². The second-order valence-corrected chi connectivity index (χ2v) is 5.65. The number of hydrogen-bond donors (Lipinski definition) is 1. The van der Waals surface area contributed by atoms with E-state index in [0.29, 0.717) is 12.5 Å². The number of aliphatic hydroxyl groups is 1. The molecule has 1 aliphatic rings. The molecule has 0 aromatic heterocycles. The molecule has 0 amide bonds. The molecule has 3 heteroatoms. The number of piperidine rings is 1. The van der Waals surface area contributed by atoms with Crippen LogP contribution in [0.5, 0.6) is 0 Å². The van der Waals surface area contributed by atoms with Crippen molar-refractivity contribution in [3.05, 3.63) is 0 Å². The lowest BCUT2D eigenvalue weighted by Gasteiger charge is -2.40. The minimum Gasteiger partial charge on any atom is -0.389 e. The summed E-state index contributed by atoms with van der Waals surface area (Å²) in [5, 5.41) is 10.3. The predicted molar refractivity (Wildman–Crippen MR) is 76.7 cm³/mol. The van der Waals surface area contributed by atoms with Gasteiger partial charge in [-0.1, -0.05) is 27.7 Å². The summed E-state index contributed by atoms with van der Waals surface area (Å²) >= 11 is 0. The number of carbonyl (C=O) groups excluding carboxylic acids is 1. The molecule has 0 bridgehead atoms. The lowest BCUT2D eigenvalue weighted by atomic mass is 9.84. The maximum atomic E-state index is 11.7. The third-order valence-electron chi connectivity index (χ3n) is 3.61. The lowest BCUT2D eigenvalue weighted by Crippen LogP contribution is -2.48. The Hall–Kier alpha value is -0.410. The molecule has 0 aliphatic carbocycles. The van der Waals surface area contributed by atoms with Crippen LogP contribution in [0.15, 0.2) is 0 Å². The van der Waals surface area contributed by atoms with Crippen molar-refractivity contribution >= 4 is 5.78 Å². The van der Waals surface area contributed by atoms with Gasteiger partial charge in [-0.05, 0) is 26.7 Å². The number of likely N-dealkylation sites (tertiary alicyclic amines) is 1. The van der Waals surface area contributed by atoms with E-state index < -0.39 is 5.60 Å². The smallest absolute Gasteiger partial charge is 0.138 e. The van der Waals surface area contributed by atoms with E-state index in [9.17, 15) is 9.90 Å². The van der Waals surface area contributed by atoms with Crippen molar-refractivity contribution in [1.29, 1.82) is 0 Å². The highest BCUT2D eigenvalue weighted by molar-refractivity contribution is 5.81. The molecule has 0 radical (unpaired) electrons. The first kappa shape index (κ1) is 17.6. The average molecular weight is 257 g/mol. The van der Waals surface area contributed by atoms with Gasteiger partial charge in [0.2, 0.25) is 0 Å². The minimum absolute atomic E-state index is 0.0344. The maximum absolute atomic E-state index is 11.7. The third kappa shape index (κ3) is 5.49. The van der Waals surface area contributed by atoms with Crippen molar-refractivity contribution in [2.45, 2.75) is 72.4 Å². The second-order valence-electron chi connectivity index (χ2n) is 5.65. The van der Waals surface area contributed by atoms with Crippen LogP contribution >= 0.6 is 0 Å². The van der Waals surface area contributed by atoms with Gasteiger partial charge in [-0.3, -0.25) is 4.79 Å². The molecule has 1 saturated heterocycles. The zero-order valence-electron chi connectivity index (χ0n) is 13.0. The monoisotopic (exact) mass is 257 g/mol. The normalized spacial score (nSPS) is 19.6. The molecular formula is C15H31NO2. The quantitative estimate of drug-likeness (QED) is 0.842. The van der Waals surface area contributed by atoms with Gasteiger partial charge in [-0.15, -0.1) is 0 Å². The fourth-order valence-corrected chi connectivity index (χ4v) is 2.16. The van der Waals surface area contributed by atoms with E-state index in [0.717, 1.165) is 25.9 Å². The summed E-state index contributed by atoms with van der Waals surface area (Å²) in [7, 11) is 0. The van der Waals surface area contributed by atoms with E-state index in [1.165, 1.54) is 0 Å². The number of carbonyl (C=O) groups is 1. The molecule has 0 aromatic carbocycles. The van der Waals surface area contributed by atoms with Gasteiger partial charge >= 0.3 is 0 Å². The highest BCUT2D eigenvalue weighted by Crippen LogP contribution is 2.27. The molecule has 1 fully saturated rings. The SMILES string of the molecule is CC.CC(C)C(=O)CC1(O)CCN(C(C)C)CC1. The van der Waals surface area contributed by atoms with Crippen LogP contribution in [0.25, 0.3) is 0 Å². The first-order chi connectivity index (χ1) is 8.34. The van der Waals surface area contributed by atoms with Crippen LogP contribution in [0.3, 0.4) is 0 Å². The van der Waals surface area contributed by atoms with Gasteiger partial charge in [0.25, 0.3) is 0 Å². The van der Waals surface area contributed by atoms with Crippen LogP contribution in [0.4, 0.5) is 0 Å². The Morgan fingerprint density at radius 1 is 1.17 bits per heavy atom. The lowest BCUT2D eigenvalue weighted by molar-refractivity contribution is -0.129. The van der Waals surface area contributed by atoms with Gasteiger partial charge in [0.15, 0.2) is 0 Å². The fraction of sp³-hybridized carbons (Fsp3) is 0.933. The molecule has 1 aliphatic heterocycles. The largest absolute Gasteiger partial charge is 0.389 e. The van der Waals surface area contributed by atoms with Crippen LogP contribution < -0.4 is 0 Å². The van der Waals surface area contributed by atoms with Crippen LogP contribution in [-0.4, -0.2) is 40.5 Å². The Bertz CT molecular complexity index is 241. The molecule has 1 heterocycles. The third-order valence-corrected chi connectivity index (χ3v) is 3.61. The number of Topliss-reactive ketones (excluding diaryl/α,β-unsaturated/α-hetero) is 1. The zero-order chi connectivity index (χ0) is 14.3. The number of ketones is 1. The molecule has 0 saturated carbocycles. The molecule has 0 unspecified atom stereocenters. The molecular weight excluding hydrogens is 226 g/mol. The van der Waals surface area contributed by atoms with Crippen molar-refractivity contribution < 1.29 is 9.90 Å². The summed E-state index contributed by atoms with van der Waals surface area (Å²) in [6, 6.07) is 0.533. The Balaban J connectivity index is 0.00000137. The van der Waals surface area contributed by atoms with Crippen LogP contribution in [0.1, 0.15) is 60.8 Å². The first-order valence-electron chi connectivity index (χ1n) is 7.33. The van der Waals surface area contributed by atoms with E-state index in [4.69, 9.17) is 0 Å². The van der Waals surface area contributed by atoms with E-state index in [1.54, 1.807) is 0 Å². The summed E-state index contributed by atoms with van der Waals surface area (Å²) < 4.78 is 0. The standard InChI is InChI=1S/C13H25NO2.C2H6/c1-10(2)12(15)9-13(16)5-7-14(8-6-13)11(3)4;1-2/h10-11,16H,5-9H2,1-4H3;1-2H3. The van der Waals surface area contributed by atoms with E-state index in [1.807, 2.05) is 27.7 Å². The van der Waals surface area contributed by atoms with E-state index >= 15 is 0 Å². The summed E-state index contributed by atoms with van der Waals surface area (Å²) in [6.07, 6.45) is 1.78. The Labute approximate surface area is 113 Å². The highest BCUT2D eigenvalue weighted by Gasteiger charge is 2.35.